The molecule has 2 aromatic carbocycles. The highest BCUT2D eigenvalue weighted by Gasteiger charge is 2.10. The predicted octanol–water partition coefficient (Wildman–Crippen LogP) is 4.53. The molecule has 1 aromatic heterocycles. The van der Waals surface area contributed by atoms with Crippen LogP contribution < -0.4 is 10.1 Å². The Balaban J connectivity index is 1.73. The van der Waals surface area contributed by atoms with Crippen LogP contribution in [-0.2, 0) is 11.2 Å². The fourth-order valence-electron chi connectivity index (χ4n) is 2.19. The highest BCUT2D eigenvalue weighted by atomic mass is 35.5. The average Bonchev–Trinajstić information content (AvgIpc) is 2.91. The van der Waals surface area contributed by atoms with Crippen LogP contribution in [0.25, 0.3) is 10.2 Å². The van der Waals surface area contributed by atoms with E-state index in [0.717, 1.165) is 21.5 Å². The van der Waals surface area contributed by atoms with Gasteiger partial charge in [0.1, 0.15) is 5.75 Å². The zero-order valence-corrected chi connectivity index (χ0v) is 14.1. The summed E-state index contributed by atoms with van der Waals surface area (Å²) in [5.41, 5.74) is 1.64. The summed E-state index contributed by atoms with van der Waals surface area (Å²) in [7, 11) is 0. The number of amides is 1. The van der Waals surface area contributed by atoms with Gasteiger partial charge in [-0.25, -0.2) is 4.98 Å². The first-order chi connectivity index (χ1) is 11.2. The van der Waals surface area contributed by atoms with E-state index in [0.29, 0.717) is 16.8 Å². The molecule has 0 saturated carbocycles. The summed E-state index contributed by atoms with van der Waals surface area (Å²) in [5.74, 6) is 0.666. The van der Waals surface area contributed by atoms with Gasteiger partial charge in [-0.3, -0.25) is 4.79 Å². The maximum absolute atomic E-state index is 12.2. The lowest BCUT2D eigenvalue weighted by atomic mass is 10.1. The average molecular weight is 347 g/mol. The van der Waals surface area contributed by atoms with E-state index >= 15 is 0 Å². The number of hydrogen-bond acceptors (Lipinski definition) is 4. The van der Waals surface area contributed by atoms with Crippen molar-refractivity contribution in [1.29, 1.82) is 0 Å². The number of halogens is 1. The molecule has 0 saturated heterocycles. The van der Waals surface area contributed by atoms with Gasteiger partial charge in [0.05, 0.1) is 23.2 Å². The second-order valence-electron chi connectivity index (χ2n) is 4.90. The molecule has 0 radical (unpaired) electrons. The van der Waals surface area contributed by atoms with Gasteiger partial charge in [0.2, 0.25) is 5.91 Å². The number of nitrogens with one attached hydrogen (secondary N) is 1. The fourth-order valence-corrected chi connectivity index (χ4v) is 3.31. The van der Waals surface area contributed by atoms with Crippen LogP contribution >= 0.6 is 22.9 Å². The first kappa shape index (κ1) is 15.8. The molecule has 0 aliphatic carbocycles. The number of rotatable bonds is 5. The molecular formula is C17H15ClN2O2S. The van der Waals surface area contributed by atoms with Gasteiger partial charge < -0.3 is 10.1 Å². The SMILES string of the molecule is CCOc1ccc2nc(NC(=O)Cc3ccccc3Cl)sc2c1. The van der Waals surface area contributed by atoms with Crippen LogP contribution in [0.5, 0.6) is 5.75 Å². The Kier molecular flexibility index (Phi) is 4.79. The van der Waals surface area contributed by atoms with Crippen molar-refractivity contribution in [3.05, 3.63) is 53.1 Å². The summed E-state index contributed by atoms with van der Waals surface area (Å²) in [6.45, 7) is 2.56. The number of benzene rings is 2. The molecule has 3 rings (SSSR count). The number of thiazole rings is 1. The molecule has 0 atom stereocenters. The number of ether oxygens (including phenoxy) is 1. The van der Waals surface area contributed by atoms with Crippen molar-refractivity contribution in [2.75, 3.05) is 11.9 Å². The Labute approximate surface area is 143 Å². The minimum atomic E-state index is -0.137. The Bertz CT molecular complexity index is 847. The van der Waals surface area contributed by atoms with Crippen molar-refractivity contribution < 1.29 is 9.53 Å². The largest absolute Gasteiger partial charge is 0.494 e. The minimum absolute atomic E-state index is 0.137. The van der Waals surface area contributed by atoms with Gasteiger partial charge in [0.15, 0.2) is 5.13 Å². The maximum Gasteiger partial charge on any atom is 0.230 e. The van der Waals surface area contributed by atoms with Crippen LogP contribution in [0.1, 0.15) is 12.5 Å². The third-order valence-corrected chi connectivity index (χ3v) is 4.53. The molecule has 1 heterocycles. The van der Waals surface area contributed by atoms with E-state index in [1.54, 1.807) is 6.07 Å². The number of carbonyl (C=O) groups excluding carboxylic acids is 1. The summed E-state index contributed by atoms with van der Waals surface area (Å²) < 4.78 is 6.45. The van der Waals surface area contributed by atoms with Crippen LogP contribution in [0, 0.1) is 0 Å². The molecule has 3 aromatic rings. The van der Waals surface area contributed by atoms with Crippen LogP contribution in [0.4, 0.5) is 5.13 Å². The normalized spacial score (nSPS) is 10.7. The van der Waals surface area contributed by atoms with Gasteiger partial charge in [0, 0.05) is 5.02 Å². The van der Waals surface area contributed by atoms with Crippen molar-refractivity contribution in [3.8, 4) is 5.75 Å². The quantitative estimate of drug-likeness (QED) is 0.738. The Morgan fingerprint density at radius 3 is 2.91 bits per heavy atom. The fraction of sp³-hybridized carbons (Fsp3) is 0.176. The second-order valence-corrected chi connectivity index (χ2v) is 6.34. The number of carbonyl (C=O) groups is 1. The lowest BCUT2D eigenvalue weighted by Crippen LogP contribution is -2.14. The Morgan fingerprint density at radius 2 is 2.13 bits per heavy atom. The lowest BCUT2D eigenvalue weighted by molar-refractivity contribution is -0.115. The Morgan fingerprint density at radius 1 is 1.30 bits per heavy atom. The molecule has 0 aliphatic rings. The van der Waals surface area contributed by atoms with Gasteiger partial charge >= 0.3 is 0 Å². The molecule has 4 nitrogen and oxygen atoms in total. The van der Waals surface area contributed by atoms with E-state index in [9.17, 15) is 4.79 Å². The predicted molar refractivity (Wildman–Crippen MR) is 94.6 cm³/mol. The van der Waals surface area contributed by atoms with Gasteiger partial charge in [-0.1, -0.05) is 41.1 Å². The summed E-state index contributed by atoms with van der Waals surface area (Å²) in [4.78, 5) is 16.6. The molecule has 1 amide bonds. The number of aromatic nitrogens is 1. The highest BCUT2D eigenvalue weighted by Crippen LogP contribution is 2.29. The van der Waals surface area contributed by atoms with Crippen molar-refractivity contribution in [1.82, 2.24) is 4.98 Å². The van der Waals surface area contributed by atoms with Crippen molar-refractivity contribution >= 4 is 44.2 Å². The van der Waals surface area contributed by atoms with Crippen molar-refractivity contribution in [3.63, 3.8) is 0 Å². The molecule has 0 fully saturated rings. The van der Waals surface area contributed by atoms with Gasteiger partial charge in [-0.15, -0.1) is 0 Å². The number of nitrogens with zero attached hydrogens (tertiary/aromatic N) is 1. The topological polar surface area (TPSA) is 51.2 Å². The van der Waals surface area contributed by atoms with E-state index in [1.807, 2.05) is 43.3 Å². The summed E-state index contributed by atoms with van der Waals surface area (Å²) in [6, 6.07) is 13.0. The number of hydrogen-bond donors (Lipinski definition) is 1. The monoisotopic (exact) mass is 346 g/mol. The zero-order valence-electron chi connectivity index (χ0n) is 12.5. The third-order valence-electron chi connectivity index (χ3n) is 3.23. The van der Waals surface area contributed by atoms with E-state index in [2.05, 4.69) is 10.3 Å². The molecule has 6 heteroatoms. The summed E-state index contributed by atoms with van der Waals surface area (Å²) >= 11 is 7.50. The van der Waals surface area contributed by atoms with E-state index < -0.39 is 0 Å². The molecule has 0 bridgehead atoms. The summed E-state index contributed by atoms with van der Waals surface area (Å²) in [6.07, 6.45) is 0.222. The number of fused-ring (bicyclic) bond motifs is 1. The first-order valence-electron chi connectivity index (χ1n) is 7.22. The first-order valence-corrected chi connectivity index (χ1v) is 8.42. The molecule has 0 aliphatic heterocycles. The zero-order chi connectivity index (χ0) is 16.2. The summed E-state index contributed by atoms with van der Waals surface area (Å²) in [5, 5.41) is 3.99. The highest BCUT2D eigenvalue weighted by molar-refractivity contribution is 7.22. The molecule has 0 unspecified atom stereocenters. The van der Waals surface area contributed by atoms with E-state index in [1.165, 1.54) is 11.3 Å². The Hall–Kier alpha value is -2.11. The van der Waals surface area contributed by atoms with Crippen LogP contribution in [0.3, 0.4) is 0 Å². The van der Waals surface area contributed by atoms with Crippen LogP contribution in [-0.4, -0.2) is 17.5 Å². The van der Waals surface area contributed by atoms with Crippen LogP contribution in [0.15, 0.2) is 42.5 Å². The smallest absolute Gasteiger partial charge is 0.230 e. The molecule has 0 spiro atoms. The maximum atomic E-state index is 12.2. The molecule has 23 heavy (non-hydrogen) atoms. The number of anilines is 1. The van der Waals surface area contributed by atoms with E-state index in [-0.39, 0.29) is 12.3 Å². The standard InChI is InChI=1S/C17H15ClN2O2S/c1-2-22-12-7-8-14-15(10-12)23-17(19-14)20-16(21)9-11-5-3-4-6-13(11)18/h3-8,10H,2,9H2,1H3,(H,19,20,21). The minimum Gasteiger partial charge on any atom is -0.494 e. The van der Waals surface area contributed by atoms with Crippen molar-refractivity contribution in [2.24, 2.45) is 0 Å². The van der Waals surface area contributed by atoms with Gasteiger partial charge in [-0.2, -0.15) is 0 Å². The van der Waals surface area contributed by atoms with Crippen molar-refractivity contribution in [2.45, 2.75) is 13.3 Å². The van der Waals surface area contributed by atoms with Crippen LogP contribution in [0.2, 0.25) is 5.02 Å². The van der Waals surface area contributed by atoms with Gasteiger partial charge in [0.25, 0.3) is 0 Å². The molecule has 1 N–H and O–H groups in total. The van der Waals surface area contributed by atoms with Gasteiger partial charge in [-0.05, 0) is 36.8 Å². The van der Waals surface area contributed by atoms with E-state index in [4.69, 9.17) is 16.3 Å². The second kappa shape index (κ2) is 6.98. The molecule has 118 valence electrons. The molecular weight excluding hydrogens is 332 g/mol. The third kappa shape index (κ3) is 3.81. The lowest BCUT2D eigenvalue weighted by Gasteiger charge is -2.03.